The first-order chi connectivity index (χ1) is 12.8. The average molecular weight is 370 g/mol. The van der Waals surface area contributed by atoms with Crippen LogP contribution in [0, 0.1) is 12.7 Å². The predicted molar refractivity (Wildman–Crippen MR) is 97.4 cm³/mol. The van der Waals surface area contributed by atoms with Crippen molar-refractivity contribution in [3.05, 3.63) is 65.0 Å². The second-order valence-electron chi connectivity index (χ2n) is 6.55. The third kappa shape index (κ3) is 3.53. The number of nitrogens with zero attached hydrogens (tertiary/aromatic N) is 2. The number of hydrogen-bond acceptors (Lipinski definition) is 3. The molecule has 7 heteroatoms. The minimum Gasteiger partial charge on any atom is -0.478 e. The third-order valence-electron chi connectivity index (χ3n) is 4.68. The Bertz CT molecular complexity index is 928. The number of likely N-dealkylation sites (N-methyl/N-ethyl adjacent to an activating group) is 1. The van der Waals surface area contributed by atoms with E-state index in [1.807, 2.05) is 0 Å². The van der Waals surface area contributed by atoms with Crippen LogP contribution in [0.4, 0.5) is 10.1 Å². The maximum absolute atomic E-state index is 14.0. The van der Waals surface area contributed by atoms with Crippen molar-refractivity contribution in [1.82, 2.24) is 4.90 Å². The van der Waals surface area contributed by atoms with E-state index in [0.29, 0.717) is 18.5 Å². The topological polar surface area (TPSA) is 77.9 Å². The molecule has 1 heterocycles. The molecule has 1 atom stereocenters. The van der Waals surface area contributed by atoms with Gasteiger partial charge >= 0.3 is 5.97 Å². The first-order valence-corrected chi connectivity index (χ1v) is 8.47. The fourth-order valence-corrected chi connectivity index (χ4v) is 3.31. The van der Waals surface area contributed by atoms with Crippen LogP contribution in [0.1, 0.15) is 32.7 Å². The van der Waals surface area contributed by atoms with E-state index in [4.69, 9.17) is 0 Å². The summed E-state index contributed by atoms with van der Waals surface area (Å²) in [5, 5.41) is 9.17. The monoisotopic (exact) mass is 370 g/mol. The molecule has 0 radical (unpaired) electrons. The largest absolute Gasteiger partial charge is 0.478 e. The molecule has 1 aliphatic heterocycles. The lowest BCUT2D eigenvalue weighted by atomic mass is 10.0. The highest BCUT2D eigenvalue weighted by Gasteiger charge is 2.38. The van der Waals surface area contributed by atoms with Crippen LogP contribution in [0.3, 0.4) is 0 Å². The zero-order valence-corrected chi connectivity index (χ0v) is 15.0. The minimum absolute atomic E-state index is 0.0116. The lowest BCUT2D eigenvalue weighted by Gasteiger charge is -2.24. The summed E-state index contributed by atoms with van der Waals surface area (Å²) in [4.78, 5) is 39.4. The number of carboxylic acid groups (broad SMARTS) is 1. The van der Waals surface area contributed by atoms with Gasteiger partial charge in [-0.25, -0.2) is 9.18 Å². The molecule has 0 saturated carbocycles. The first-order valence-electron chi connectivity index (χ1n) is 8.47. The van der Waals surface area contributed by atoms with E-state index in [2.05, 4.69) is 0 Å². The van der Waals surface area contributed by atoms with Gasteiger partial charge in [0.2, 0.25) is 5.91 Å². The van der Waals surface area contributed by atoms with Crippen LogP contribution < -0.4 is 4.90 Å². The van der Waals surface area contributed by atoms with Crippen LogP contribution in [-0.4, -0.2) is 47.4 Å². The van der Waals surface area contributed by atoms with Crippen LogP contribution in [0.2, 0.25) is 0 Å². The van der Waals surface area contributed by atoms with Gasteiger partial charge in [0.15, 0.2) is 0 Å². The molecule has 2 aromatic rings. The molecule has 27 heavy (non-hydrogen) atoms. The van der Waals surface area contributed by atoms with Crippen molar-refractivity contribution in [2.75, 3.05) is 18.5 Å². The molecule has 0 aromatic heterocycles. The Morgan fingerprint density at radius 2 is 1.85 bits per heavy atom. The van der Waals surface area contributed by atoms with Gasteiger partial charge in [0.05, 0.1) is 11.3 Å². The molecule has 140 valence electrons. The second kappa shape index (κ2) is 7.19. The number of aromatic carboxylic acids is 1. The number of rotatable bonds is 4. The number of carbonyl (C=O) groups excluding carboxylic acids is 2. The first kappa shape index (κ1) is 18.6. The van der Waals surface area contributed by atoms with Crippen LogP contribution in [0.15, 0.2) is 42.5 Å². The lowest BCUT2D eigenvalue weighted by Crippen LogP contribution is -2.43. The van der Waals surface area contributed by atoms with Crippen molar-refractivity contribution in [1.29, 1.82) is 0 Å². The fourth-order valence-electron chi connectivity index (χ4n) is 3.31. The Morgan fingerprint density at radius 1 is 1.19 bits per heavy atom. The highest BCUT2D eigenvalue weighted by atomic mass is 19.1. The molecule has 1 saturated heterocycles. The molecule has 1 aliphatic rings. The third-order valence-corrected chi connectivity index (χ3v) is 4.68. The summed E-state index contributed by atoms with van der Waals surface area (Å²) < 4.78 is 14.0. The standard InChI is InChI=1S/C20H19FN2O4/c1-12-9-13(11-14(10-12)20(26)27)18(24)22(2)17-7-8-23(19(17)25)16-6-4-3-5-15(16)21/h3-6,9-11,17H,7-8H2,1-2H3,(H,26,27). The van der Waals surface area contributed by atoms with Gasteiger partial charge < -0.3 is 14.9 Å². The predicted octanol–water partition coefficient (Wildman–Crippen LogP) is 2.71. The maximum Gasteiger partial charge on any atom is 0.335 e. The molecule has 6 nitrogen and oxygen atoms in total. The van der Waals surface area contributed by atoms with E-state index < -0.39 is 23.7 Å². The van der Waals surface area contributed by atoms with Crippen LogP contribution in [0.5, 0.6) is 0 Å². The van der Waals surface area contributed by atoms with Crippen molar-refractivity contribution in [3.63, 3.8) is 0 Å². The zero-order valence-electron chi connectivity index (χ0n) is 15.0. The Morgan fingerprint density at radius 3 is 2.52 bits per heavy atom. The molecule has 2 amide bonds. The van der Waals surface area contributed by atoms with Crippen molar-refractivity contribution in [3.8, 4) is 0 Å². The molecule has 2 aromatic carbocycles. The van der Waals surface area contributed by atoms with Gasteiger partial charge in [0.25, 0.3) is 5.91 Å². The van der Waals surface area contributed by atoms with Crippen LogP contribution >= 0.6 is 0 Å². The van der Waals surface area contributed by atoms with Crippen LogP contribution in [-0.2, 0) is 4.79 Å². The smallest absolute Gasteiger partial charge is 0.335 e. The Hall–Kier alpha value is -3.22. The normalized spacial score (nSPS) is 16.5. The number of carboxylic acids is 1. The average Bonchev–Trinajstić information content (AvgIpc) is 3.01. The lowest BCUT2D eigenvalue weighted by molar-refractivity contribution is -0.120. The number of benzene rings is 2. The molecule has 1 fully saturated rings. The maximum atomic E-state index is 14.0. The summed E-state index contributed by atoms with van der Waals surface area (Å²) in [5.74, 6) is -2.43. The van der Waals surface area contributed by atoms with Gasteiger partial charge in [0.1, 0.15) is 11.9 Å². The molecule has 3 rings (SSSR count). The molecular weight excluding hydrogens is 351 g/mol. The van der Waals surface area contributed by atoms with Crippen molar-refractivity contribution < 1.29 is 23.9 Å². The van der Waals surface area contributed by atoms with E-state index in [1.165, 1.54) is 41.1 Å². The Balaban J connectivity index is 1.83. The van der Waals surface area contributed by atoms with Crippen molar-refractivity contribution in [2.45, 2.75) is 19.4 Å². The molecule has 0 bridgehead atoms. The number of para-hydroxylation sites is 1. The van der Waals surface area contributed by atoms with Crippen LogP contribution in [0.25, 0.3) is 0 Å². The Labute approximate surface area is 155 Å². The number of hydrogen-bond donors (Lipinski definition) is 1. The number of halogens is 1. The van der Waals surface area contributed by atoms with Gasteiger partial charge in [-0.15, -0.1) is 0 Å². The molecule has 0 spiro atoms. The SMILES string of the molecule is Cc1cc(C(=O)O)cc(C(=O)N(C)C2CCN(c3ccccc3F)C2=O)c1. The summed E-state index contributed by atoms with van der Waals surface area (Å²) in [6, 6.07) is 9.62. The van der Waals surface area contributed by atoms with Gasteiger partial charge in [-0.05, 0) is 49.2 Å². The summed E-state index contributed by atoms with van der Waals surface area (Å²) in [7, 11) is 1.50. The number of aryl methyl sites for hydroxylation is 1. The highest BCUT2D eigenvalue weighted by molar-refractivity contribution is 6.04. The van der Waals surface area contributed by atoms with Crippen molar-refractivity contribution >= 4 is 23.5 Å². The Kier molecular flexibility index (Phi) is 4.94. The highest BCUT2D eigenvalue weighted by Crippen LogP contribution is 2.27. The van der Waals surface area contributed by atoms with Gasteiger partial charge in [-0.3, -0.25) is 9.59 Å². The van der Waals surface area contributed by atoms with E-state index >= 15 is 0 Å². The summed E-state index contributed by atoms with van der Waals surface area (Å²) in [6.45, 7) is 2.00. The zero-order chi connectivity index (χ0) is 19.7. The second-order valence-corrected chi connectivity index (χ2v) is 6.55. The van der Waals surface area contributed by atoms with E-state index in [0.717, 1.165) is 0 Å². The van der Waals surface area contributed by atoms with E-state index in [1.54, 1.807) is 25.1 Å². The summed E-state index contributed by atoms with van der Waals surface area (Å²) >= 11 is 0. The summed E-state index contributed by atoms with van der Waals surface area (Å²) in [5.41, 5.74) is 1.04. The molecular formula is C20H19FN2O4. The molecule has 1 N–H and O–H groups in total. The van der Waals surface area contributed by atoms with Crippen molar-refractivity contribution in [2.24, 2.45) is 0 Å². The quantitative estimate of drug-likeness (QED) is 0.898. The van der Waals surface area contributed by atoms with E-state index in [-0.39, 0.29) is 22.7 Å². The summed E-state index contributed by atoms with van der Waals surface area (Å²) in [6.07, 6.45) is 0.368. The minimum atomic E-state index is -1.13. The van der Waals surface area contributed by atoms with E-state index in [9.17, 15) is 23.9 Å². The molecule has 1 unspecified atom stereocenters. The van der Waals surface area contributed by atoms with Gasteiger partial charge in [-0.2, -0.15) is 0 Å². The van der Waals surface area contributed by atoms with Gasteiger partial charge in [-0.1, -0.05) is 12.1 Å². The molecule has 0 aliphatic carbocycles. The fraction of sp³-hybridized carbons (Fsp3) is 0.250. The number of anilines is 1. The number of carbonyl (C=O) groups is 3. The number of amides is 2. The van der Waals surface area contributed by atoms with Gasteiger partial charge in [0, 0.05) is 19.2 Å².